The monoisotopic (exact) mass is 287 g/mol. The highest BCUT2D eigenvalue weighted by Gasteiger charge is 2.15. The van der Waals surface area contributed by atoms with Crippen LogP contribution in [-0.4, -0.2) is 0 Å². The van der Waals surface area contributed by atoms with Crippen molar-refractivity contribution in [2.24, 2.45) is 5.73 Å². The molecule has 0 heterocycles. The normalized spacial score (nSPS) is 12.1. The highest BCUT2D eigenvalue weighted by molar-refractivity contribution is 6.44. The minimum atomic E-state index is -0.140. The van der Waals surface area contributed by atoms with Crippen LogP contribution >= 0.6 is 47.2 Å². The van der Waals surface area contributed by atoms with Crippen molar-refractivity contribution in [3.8, 4) is 0 Å². The van der Waals surface area contributed by atoms with Crippen LogP contribution in [0.15, 0.2) is 12.1 Å². The van der Waals surface area contributed by atoms with Gasteiger partial charge in [-0.05, 0) is 18.6 Å². The van der Waals surface area contributed by atoms with E-state index in [-0.39, 0.29) is 18.4 Å². The van der Waals surface area contributed by atoms with Gasteiger partial charge < -0.3 is 5.73 Å². The summed E-state index contributed by atoms with van der Waals surface area (Å²) in [6.45, 7) is 2.06. The molecule has 0 aliphatic carbocycles. The van der Waals surface area contributed by atoms with Crippen LogP contribution in [0, 0.1) is 0 Å². The van der Waals surface area contributed by atoms with E-state index in [0.29, 0.717) is 15.1 Å². The Morgan fingerprint density at radius 3 is 2.27 bits per heavy atom. The molecule has 0 unspecified atom stereocenters. The van der Waals surface area contributed by atoms with Gasteiger partial charge in [0.25, 0.3) is 0 Å². The number of benzene rings is 1. The van der Waals surface area contributed by atoms with E-state index in [9.17, 15) is 0 Å². The van der Waals surface area contributed by atoms with Gasteiger partial charge in [-0.1, -0.05) is 48.1 Å². The van der Waals surface area contributed by atoms with Crippen LogP contribution in [-0.2, 0) is 0 Å². The SMILES string of the molecule is CCC[C@@H](N)c1c(Cl)ccc(Cl)c1Cl.Cl. The van der Waals surface area contributed by atoms with Crippen LogP contribution < -0.4 is 5.73 Å². The smallest absolute Gasteiger partial charge is 0.0654 e. The fraction of sp³-hybridized carbons (Fsp3) is 0.400. The molecule has 0 aromatic heterocycles. The molecule has 0 radical (unpaired) electrons. The van der Waals surface area contributed by atoms with E-state index in [2.05, 4.69) is 6.92 Å². The van der Waals surface area contributed by atoms with E-state index >= 15 is 0 Å². The van der Waals surface area contributed by atoms with Gasteiger partial charge in [0, 0.05) is 16.6 Å². The Morgan fingerprint density at radius 2 is 1.73 bits per heavy atom. The maximum Gasteiger partial charge on any atom is 0.0654 e. The van der Waals surface area contributed by atoms with Crippen molar-refractivity contribution in [1.29, 1.82) is 0 Å². The lowest BCUT2D eigenvalue weighted by molar-refractivity contribution is 0.639. The summed E-state index contributed by atoms with van der Waals surface area (Å²) in [5, 5.41) is 1.55. The third-order valence-corrected chi connectivity index (χ3v) is 3.20. The lowest BCUT2D eigenvalue weighted by Crippen LogP contribution is -2.11. The van der Waals surface area contributed by atoms with Crippen LogP contribution in [0.4, 0.5) is 0 Å². The van der Waals surface area contributed by atoms with Crippen molar-refractivity contribution in [1.82, 2.24) is 0 Å². The molecule has 15 heavy (non-hydrogen) atoms. The molecule has 1 aromatic carbocycles. The summed E-state index contributed by atoms with van der Waals surface area (Å²) >= 11 is 17.9. The minimum Gasteiger partial charge on any atom is -0.324 e. The first-order valence-corrected chi connectivity index (χ1v) is 5.60. The largest absolute Gasteiger partial charge is 0.324 e. The summed E-state index contributed by atoms with van der Waals surface area (Å²) in [5.41, 5.74) is 6.70. The van der Waals surface area contributed by atoms with E-state index in [1.165, 1.54) is 0 Å². The number of rotatable bonds is 3. The molecule has 0 aliphatic rings. The fourth-order valence-corrected chi connectivity index (χ4v) is 2.15. The first kappa shape index (κ1) is 15.3. The van der Waals surface area contributed by atoms with Crippen molar-refractivity contribution in [3.63, 3.8) is 0 Å². The first-order chi connectivity index (χ1) is 6.57. The second-order valence-corrected chi connectivity index (χ2v) is 4.34. The Hall–Kier alpha value is 0.340. The molecule has 0 aliphatic heterocycles. The average molecular weight is 289 g/mol. The van der Waals surface area contributed by atoms with Gasteiger partial charge in [-0.2, -0.15) is 0 Å². The van der Waals surface area contributed by atoms with Gasteiger partial charge in [-0.3, -0.25) is 0 Å². The molecule has 2 N–H and O–H groups in total. The van der Waals surface area contributed by atoms with Crippen molar-refractivity contribution >= 4 is 47.2 Å². The molecule has 0 spiro atoms. The van der Waals surface area contributed by atoms with Crippen molar-refractivity contribution in [3.05, 3.63) is 32.8 Å². The molecule has 0 bridgehead atoms. The van der Waals surface area contributed by atoms with Crippen molar-refractivity contribution < 1.29 is 0 Å². The number of nitrogens with two attached hydrogens (primary N) is 1. The molecule has 1 atom stereocenters. The van der Waals surface area contributed by atoms with Gasteiger partial charge in [-0.15, -0.1) is 12.4 Å². The summed E-state index contributed by atoms with van der Waals surface area (Å²) in [7, 11) is 0. The summed E-state index contributed by atoms with van der Waals surface area (Å²) in [5.74, 6) is 0. The van der Waals surface area contributed by atoms with Crippen molar-refractivity contribution in [2.75, 3.05) is 0 Å². The lowest BCUT2D eigenvalue weighted by atomic mass is 10.0. The van der Waals surface area contributed by atoms with Crippen LogP contribution in [0.25, 0.3) is 0 Å². The Kier molecular flexibility index (Phi) is 6.98. The lowest BCUT2D eigenvalue weighted by Gasteiger charge is -2.15. The fourth-order valence-electron chi connectivity index (χ4n) is 1.34. The molecule has 0 fully saturated rings. The molecule has 1 aromatic rings. The van der Waals surface area contributed by atoms with E-state index < -0.39 is 0 Å². The number of halogens is 4. The van der Waals surface area contributed by atoms with Crippen molar-refractivity contribution in [2.45, 2.75) is 25.8 Å². The van der Waals surface area contributed by atoms with E-state index in [1.54, 1.807) is 12.1 Å². The second-order valence-electron chi connectivity index (χ2n) is 3.15. The second kappa shape index (κ2) is 6.82. The zero-order valence-corrected chi connectivity index (χ0v) is 11.4. The summed E-state index contributed by atoms with van der Waals surface area (Å²) in [6, 6.07) is 3.26. The van der Waals surface area contributed by atoms with Crippen LogP contribution in [0.1, 0.15) is 31.4 Å². The van der Waals surface area contributed by atoms with Gasteiger partial charge in [-0.25, -0.2) is 0 Å². The summed E-state index contributed by atoms with van der Waals surface area (Å²) in [4.78, 5) is 0. The quantitative estimate of drug-likeness (QED) is 0.789. The van der Waals surface area contributed by atoms with E-state index in [1.807, 2.05) is 0 Å². The number of hydrogen-bond donors (Lipinski definition) is 1. The maximum absolute atomic E-state index is 6.03. The number of hydrogen-bond acceptors (Lipinski definition) is 1. The Bertz CT molecular complexity index is 327. The van der Waals surface area contributed by atoms with Gasteiger partial charge in [0.05, 0.1) is 10.0 Å². The predicted molar refractivity (Wildman–Crippen MR) is 70.6 cm³/mol. The predicted octanol–water partition coefficient (Wildman–Crippen LogP) is 4.87. The highest BCUT2D eigenvalue weighted by Crippen LogP contribution is 2.36. The molecule has 86 valence electrons. The maximum atomic E-state index is 6.03. The van der Waals surface area contributed by atoms with E-state index in [0.717, 1.165) is 18.4 Å². The molecule has 0 amide bonds. The zero-order valence-electron chi connectivity index (χ0n) is 8.27. The zero-order chi connectivity index (χ0) is 10.7. The third-order valence-electron chi connectivity index (χ3n) is 2.05. The first-order valence-electron chi connectivity index (χ1n) is 4.46. The summed E-state index contributed by atoms with van der Waals surface area (Å²) in [6.07, 6.45) is 1.83. The average Bonchev–Trinajstić information content (AvgIpc) is 2.13. The summed E-state index contributed by atoms with van der Waals surface area (Å²) < 4.78 is 0. The molecule has 5 heteroatoms. The third kappa shape index (κ3) is 3.69. The molecular formula is C10H13Cl4N. The Morgan fingerprint density at radius 1 is 1.20 bits per heavy atom. The van der Waals surface area contributed by atoms with Gasteiger partial charge in [0.2, 0.25) is 0 Å². The topological polar surface area (TPSA) is 26.0 Å². The standard InChI is InChI=1S/C10H12Cl3N.ClH/c1-2-3-8(14)9-6(11)4-5-7(12)10(9)13;/h4-5,8H,2-3,14H2,1H3;1H/t8-;/m1./s1. The van der Waals surface area contributed by atoms with E-state index in [4.69, 9.17) is 40.5 Å². The molecule has 1 nitrogen and oxygen atoms in total. The van der Waals surface area contributed by atoms with Gasteiger partial charge >= 0.3 is 0 Å². The van der Waals surface area contributed by atoms with Crippen LogP contribution in [0.3, 0.4) is 0 Å². The van der Waals surface area contributed by atoms with Crippen LogP contribution in [0.2, 0.25) is 15.1 Å². The Balaban J connectivity index is 0.00000196. The molecule has 0 saturated heterocycles. The molecule has 0 saturated carbocycles. The Labute approximate surface area is 111 Å². The van der Waals surface area contributed by atoms with Gasteiger partial charge in [0.1, 0.15) is 0 Å². The molecular weight excluding hydrogens is 276 g/mol. The van der Waals surface area contributed by atoms with Gasteiger partial charge in [0.15, 0.2) is 0 Å². The highest BCUT2D eigenvalue weighted by atomic mass is 35.5. The minimum absolute atomic E-state index is 0. The van der Waals surface area contributed by atoms with Crippen LogP contribution in [0.5, 0.6) is 0 Å². The molecule has 1 rings (SSSR count).